The van der Waals surface area contributed by atoms with Crippen molar-refractivity contribution in [1.82, 2.24) is 4.90 Å². The van der Waals surface area contributed by atoms with Crippen LogP contribution in [0.3, 0.4) is 0 Å². The van der Waals surface area contributed by atoms with Gasteiger partial charge in [-0.1, -0.05) is 12.1 Å². The Morgan fingerprint density at radius 3 is 2.40 bits per heavy atom. The molecule has 0 spiro atoms. The molecule has 25 heavy (non-hydrogen) atoms. The Bertz CT molecular complexity index is 717. The number of halogens is 3. The Labute approximate surface area is 150 Å². The van der Waals surface area contributed by atoms with Crippen molar-refractivity contribution in [2.45, 2.75) is 39.0 Å². The Morgan fingerprint density at radius 2 is 1.84 bits per heavy atom. The van der Waals surface area contributed by atoms with Gasteiger partial charge in [-0.05, 0) is 51.2 Å². The van der Waals surface area contributed by atoms with Gasteiger partial charge in [0.15, 0.2) is 11.3 Å². The number of rotatable bonds is 4. The van der Waals surface area contributed by atoms with Crippen LogP contribution in [0.25, 0.3) is 0 Å². The molecule has 0 fully saturated rings. The third-order valence-corrected chi connectivity index (χ3v) is 4.15. The van der Waals surface area contributed by atoms with E-state index in [2.05, 4.69) is 10.3 Å². The SMILES string of the molecule is CC(C)N(C(=S)Nc1cccc(C(F)(F)F)c1)C(C)c1cccc[nH+]1. The number of thiocarbonyl (C=S) groups is 1. The second kappa shape index (κ2) is 7.82. The number of nitrogens with zero attached hydrogens (tertiary/aromatic N) is 1. The van der Waals surface area contributed by atoms with E-state index < -0.39 is 11.7 Å². The first-order valence-corrected chi connectivity index (χ1v) is 8.34. The van der Waals surface area contributed by atoms with E-state index in [9.17, 15) is 13.2 Å². The average Bonchev–Trinajstić information content (AvgIpc) is 2.54. The molecule has 0 aliphatic rings. The van der Waals surface area contributed by atoms with Crippen LogP contribution in [0.1, 0.15) is 38.1 Å². The normalized spacial score (nSPS) is 12.8. The van der Waals surface area contributed by atoms with Crippen LogP contribution in [0.15, 0.2) is 48.7 Å². The fraction of sp³-hybridized carbons (Fsp3) is 0.333. The molecule has 7 heteroatoms. The lowest BCUT2D eigenvalue weighted by atomic mass is 10.1. The monoisotopic (exact) mass is 368 g/mol. The number of aromatic nitrogens is 1. The highest BCUT2D eigenvalue weighted by atomic mass is 32.1. The number of aromatic amines is 1. The van der Waals surface area contributed by atoms with Crippen LogP contribution in [0.2, 0.25) is 0 Å². The zero-order valence-electron chi connectivity index (χ0n) is 14.3. The molecule has 1 atom stereocenters. The Balaban J connectivity index is 2.22. The molecular weight excluding hydrogens is 347 g/mol. The highest BCUT2D eigenvalue weighted by Gasteiger charge is 2.31. The summed E-state index contributed by atoms with van der Waals surface area (Å²) in [6.07, 6.45) is -2.56. The summed E-state index contributed by atoms with van der Waals surface area (Å²) in [7, 11) is 0. The van der Waals surface area contributed by atoms with Gasteiger partial charge in [0, 0.05) is 23.9 Å². The highest BCUT2D eigenvalue weighted by molar-refractivity contribution is 7.80. The molecule has 0 amide bonds. The van der Waals surface area contributed by atoms with Gasteiger partial charge in [0.25, 0.3) is 0 Å². The summed E-state index contributed by atoms with van der Waals surface area (Å²) in [5.74, 6) is 0. The fourth-order valence-electron chi connectivity index (χ4n) is 2.64. The number of benzene rings is 1. The minimum atomic E-state index is -4.39. The first-order valence-electron chi connectivity index (χ1n) is 7.93. The Kier molecular flexibility index (Phi) is 6.00. The molecule has 0 saturated heterocycles. The van der Waals surface area contributed by atoms with Gasteiger partial charge in [-0.3, -0.25) is 0 Å². The molecule has 1 aromatic heterocycles. The molecule has 1 aromatic carbocycles. The van der Waals surface area contributed by atoms with Crippen molar-refractivity contribution in [3.05, 3.63) is 59.9 Å². The molecule has 0 radical (unpaired) electrons. The number of alkyl halides is 3. The van der Waals surface area contributed by atoms with E-state index in [0.717, 1.165) is 17.8 Å². The number of hydrogen-bond donors (Lipinski definition) is 1. The predicted molar refractivity (Wildman–Crippen MR) is 96.1 cm³/mol. The van der Waals surface area contributed by atoms with Crippen molar-refractivity contribution in [3.8, 4) is 0 Å². The maximum Gasteiger partial charge on any atom is 0.416 e. The summed E-state index contributed by atoms with van der Waals surface area (Å²) in [5, 5.41) is 3.30. The van der Waals surface area contributed by atoms with Crippen molar-refractivity contribution in [3.63, 3.8) is 0 Å². The summed E-state index contributed by atoms with van der Waals surface area (Å²) >= 11 is 5.47. The van der Waals surface area contributed by atoms with Gasteiger partial charge in [-0.2, -0.15) is 13.2 Å². The molecule has 1 unspecified atom stereocenters. The molecule has 0 aliphatic carbocycles. The third-order valence-electron chi connectivity index (χ3n) is 3.83. The minimum absolute atomic E-state index is 0.0630. The summed E-state index contributed by atoms with van der Waals surface area (Å²) in [4.78, 5) is 5.12. The quantitative estimate of drug-likeness (QED) is 0.794. The van der Waals surface area contributed by atoms with Gasteiger partial charge in [-0.15, -0.1) is 0 Å². The van der Waals surface area contributed by atoms with Crippen LogP contribution < -0.4 is 10.3 Å². The largest absolute Gasteiger partial charge is 0.416 e. The summed E-state index contributed by atoms with van der Waals surface area (Å²) in [6, 6.07) is 10.8. The summed E-state index contributed by atoms with van der Waals surface area (Å²) < 4.78 is 38.6. The fourth-order valence-corrected chi connectivity index (χ4v) is 3.12. The van der Waals surface area contributed by atoms with Gasteiger partial charge in [0.05, 0.1) is 5.56 Å². The summed E-state index contributed by atoms with van der Waals surface area (Å²) in [5.41, 5.74) is 0.569. The van der Waals surface area contributed by atoms with Crippen LogP contribution >= 0.6 is 12.2 Å². The van der Waals surface area contributed by atoms with Crippen molar-refractivity contribution in [2.75, 3.05) is 5.32 Å². The standard InChI is InChI=1S/C18H20F3N3S/c1-12(2)24(13(3)16-9-4-5-10-22-16)17(25)23-15-8-6-7-14(11-15)18(19,20)21/h4-13H,1-3H3,(H,23,25)/p+1. The van der Waals surface area contributed by atoms with Gasteiger partial charge >= 0.3 is 6.18 Å². The van der Waals surface area contributed by atoms with Gasteiger partial charge in [0.1, 0.15) is 6.04 Å². The van der Waals surface area contributed by atoms with E-state index >= 15 is 0 Å². The number of anilines is 1. The second-order valence-corrected chi connectivity index (χ2v) is 6.39. The predicted octanol–water partition coefficient (Wildman–Crippen LogP) is 4.69. The molecule has 2 rings (SSSR count). The highest BCUT2D eigenvalue weighted by Crippen LogP contribution is 2.31. The molecule has 1 heterocycles. The van der Waals surface area contributed by atoms with Crippen LogP contribution in [-0.4, -0.2) is 16.1 Å². The van der Waals surface area contributed by atoms with Gasteiger partial charge in [-0.25, -0.2) is 4.98 Å². The lowest BCUT2D eigenvalue weighted by Crippen LogP contribution is -2.43. The topological polar surface area (TPSA) is 29.4 Å². The van der Waals surface area contributed by atoms with E-state index in [1.807, 2.05) is 50.1 Å². The smallest absolute Gasteiger partial charge is 0.334 e. The number of pyridine rings is 1. The molecule has 0 aliphatic heterocycles. The maximum atomic E-state index is 12.9. The number of H-pyrrole nitrogens is 1. The van der Waals surface area contributed by atoms with Crippen LogP contribution in [0.5, 0.6) is 0 Å². The van der Waals surface area contributed by atoms with Gasteiger partial charge < -0.3 is 10.2 Å². The van der Waals surface area contributed by atoms with E-state index in [1.165, 1.54) is 6.07 Å². The second-order valence-electron chi connectivity index (χ2n) is 6.00. The van der Waals surface area contributed by atoms with Crippen LogP contribution in [0, 0.1) is 0 Å². The van der Waals surface area contributed by atoms with E-state index in [0.29, 0.717) is 10.8 Å². The van der Waals surface area contributed by atoms with Crippen molar-refractivity contribution >= 4 is 23.0 Å². The van der Waals surface area contributed by atoms with E-state index in [4.69, 9.17) is 12.2 Å². The van der Waals surface area contributed by atoms with Gasteiger partial charge in [0.2, 0.25) is 5.69 Å². The van der Waals surface area contributed by atoms with E-state index in [-0.39, 0.29) is 12.1 Å². The lowest BCUT2D eigenvalue weighted by molar-refractivity contribution is -0.395. The lowest BCUT2D eigenvalue weighted by Gasteiger charge is -2.33. The first kappa shape index (κ1) is 19.2. The maximum absolute atomic E-state index is 12.9. The third kappa shape index (κ3) is 4.92. The molecule has 3 nitrogen and oxygen atoms in total. The molecule has 134 valence electrons. The van der Waals surface area contributed by atoms with Crippen LogP contribution in [0.4, 0.5) is 18.9 Å². The van der Waals surface area contributed by atoms with Crippen molar-refractivity contribution in [1.29, 1.82) is 0 Å². The number of nitrogens with one attached hydrogen (secondary N) is 2. The molecule has 0 bridgehead atoms. The number of hydrogen-bond acceptors (Lipinski definition) is 1. The molecule has 2 aromatic rings. The average molecular weight is 368 g/mol. The zero-order valence-corrected chi connectivity index (χ0v) is 15.1. The van der Waals surface area contributed by atoms with Crippen molar-refractivity contribution < 1.29 is 18.2 Å². The van der Waals surface area contributed by atoms with E-state index in [1.54, 1.807) is 6.07 Å². The summed E-state index contributed by atoms with van der Waals surface area (Å²) in [6.45, 7) is 5.96. The molecular formula is C18H21F3N3S+. The zero-order chi connectivity index (χ0) is 18.6. The molecule has 2 N–H and O–H groups in total. The van der Waals surface area contributed by atoms with Crippen LogP contribution in [-0.2, 0) is 6.18 Å². The Morgan fingerprint density at radius 1 is 1.12 bits per heavy atom. The minimum Gasteiger partial charge on any atom is -0.334 e. The first-order chi connectivity index (χ1) is 11.7. The Hall–Kier alpha value is -2.15. The molecule has 0 saturated carbocycles. The van der Waals surface area contributed by atoms with Crippen molar-refractivity contribution in [2.24, 2.45) is 0 Å².